The lowest BCUT2D eigenvalue weighted by Gasteiger charge is -2.16. The molecule has 0 spiro atoms. The maximum atomic E-state index is 11.6. The molecule has 1 fully saturated rings. The highest BCUT2D eigenvalue weighted by Gasteiger charge is 2.38. The van der Waals surface area contributed by atoms with Crippen LogP contribution in [0, 0.1) is 19.8 Å². The molecule has 1 aliphatic rings. The van der Waals surface area contributed by atoms with E-state index in [1.165, 1.54) is 22.0 Å². The van der Waals surface area contributed by atoms with Crippen LogP contribution >= 0.6 is 11.5 Å². The lowest BCUT2D eigenvalue weighted by molar-refractivity contribution is -0.141. The van der Waals surface area contributed by atoms with Crippen molar-refractivity contribution in [3.63, 3.8) is 0 Å². The molecule has 2 heterocycles. The van der Waals surface area contributed by atoms with Crippen LogP contribution in [-0.2, 0) is 11.3 Å². The lowest BCUT2D eigenvalue weighted by Crippen LogP contribution is -2.23. The van der Waals surface area contributed by atoms with Gasteiger partial charge in [0.2, 0.25) is 0 Å². The van der Waals surface area contributed by atoms with Crippen molar-refractivity contribution in [1.29, 1.82) is 0 Å². The zero-order valence-electron chi connectivity index (χ0n) is 12.8. The van der Waals surface area contributed by atoms with E-state index in [1.54, 1.807) is 0 Å². The van der Waals surface area contributed by atoms with Crippen LogP contribution in [0.2, 0.25) is 0 Å². The van der Waals surface area contributed by atoms with Crippen LogP contribution in [0.4, 0.5) is 0 Å². The monoisotopic (exact) mass is 316 g/mol. The van der Waals surface area contributed by atoms with Crippen molar-refractivity contribution in [2.75, 3.05) is 13.1 Å². The molecule has 2 atom stereocenters. The van der Waals surface area contributed by atoms with Crippen molar-refractivity contribution in [2.45, 2.75) is 26.3 Å². The first-order chi connectivity index (χ1) is 10.6. The Morgan fingerprint density at radius 3 is 2.64 bits per heavy atom. The standard InChI is InChI=1S/C17H20N2O2S/c1-11-14(12(2)22-18-11)8-19-9-15(16(10-19)17(20)21)13-6-4-3-5-7-13/h3-7,15-16H,8-10H2,1-2H3,(H,20,21)/t15-,16-/m1/s1. The molecule has 3 rings (SSSR count). The molecule has 2 aromatic rings. The van der Waals surface area contributed by atoms with E-state index >= 15 is 0 Å². The Morgan fingerprint density at radius 1 is 1.32 bits per heavy atom. The van der Waals surface area contributed by atoms with Crippen LogP contribution < -0.4 is 0 Å². The first kappa shape index (κ1) is 15.2. The summed E-state index contributed by atoms with van der Waals surface area (Å²) in [5, 5.41) is 9.56. The van der Waals surface area contributed by atoms with E-state index < -0.39 is 5.97 Å². The van der Waals surface area contributed by atoms with Gasteiger partial charge in [0.25, 0.3) is 0 Å². The number of hydrogen-bond acceptors (Lipinski definition) is 4. The number of carboxylic acid groups (broad SMARTS) is 1. The van der Waals surface area contributed by atoms with Crippen molar-refractivity contribution < 1.29 is 9.90 Å². The maximum absolute atomic E-state index is 11.6. The zero-order chi connectivity index (χ0) is 15.7. The highest BCUT2D eigenvalue weighted by atomic mass is 32.1. The van der Waals surface area contributed by atoms with E-state index in [1.807, 2.05) is 37.3 Å². The fourth-order valence-electron chi connectivity index (χ4n) is 3.25. The normalized spacial score (nSPS) is 22.1. The average Bonchev–Trinajstić information content (AvgIpc) is 3.07. The third kappa shape index (κ3) is 2.91. The summed E-state index contributed by atoms with van der Waals surface area (Å²) in [6.07, 6.45) is 0. The Balaban J connectivity index is 1.80. The number of aromatic nitrogens is 1. The molecule has 0 aliphatic carbocycles. The predicted molar refractivity (Wildman–Crippen MR) is 87.2 cm³/mol. The molecule has 1 aromatic carbocycles. The lowest BCUT2D eigenvalue weighted by atomic mass is 9.89. The van der Waals surface area contributed by atoms with Gasteiger partial charge in [-0.05, 0) is 30.9 Å². The van der Waals surface area contributed by atoms with Gasteiger partial charge >= 0.3 is 5.97 Å². The van der Waals surface area contributed by atoms with E-state index in [4.69, 9.17) is 0 Å². The molecule has 1 saturated heterocycles. The fraction of sp³-hybridized carbons (Fsp3) is 0.412. The number of benzene rings is 1. The van der Waals surface area contributed by atoms with Crippen molar-refractivity contribution in [3.8, 4) is 0 Å². The third-order valence-electron chi connectivity index (χ3n) is 4.50. The third-order valence-corrected chi connectivity index (χ3v) is 5.39. The number of rotatable bonds is 4. The Bertz CT molecular complexity index is 649. The van der Waals surface area contributed by atoms with Crippen LogP contribution in [0.25, 0.3) is 0 Å². The van der Waals surface area contributed by atoms with Crippen LogP contribution in [-0.4, -0.2) is 33.4 Å². The molecule has 22 heavy (non-hydrogen) atoms. The first-order valence-electron chi connectivity index (χ1n) is 7.48. The van der Waals surface area contributed by atoms with E-state index in [0.717, 1.165) is 24.3 Å². The number of likely N-dealkylation sites (tertiary alicyclic amines) is 1. The summed E-state index contributed by atoms with van der Waals surface area (Å²) < 4.78 is 4.39. The SMILES string of the molecule is Cc1nsc(C)c1CN1C[C@H](c2ccccc2)[C@H](C(=O)O)C1. The summed E-state index contributed by atoms with van der Waals surface area (Å²) >= 11 is 1.53. The molecule has 116 valence electrons. The summed E-state index contributed by atoms with van der Waals surface area (Å²) in [5.74, 6) is -0.978. The predicted octanol–water partition coefficient (Wildman–Crippen LogP) is 3.06. The Morgan fingerprint density at radius 2 is 2.05 bits per heavy atom. The molecule has 5 heteroatoms. The quantitative estimate of drug-likeness (QED) is 0.942. The summed E-state index contributed by atoms with van der Waals surface area (Å²) in [7, 11) is 0. The van der Waals surface area contributed by atoms with Gasteiger partial charge in [-0.2, -0.15) is 4.37 Å². The van der Waals surface area contributed by atoms with Gasteiger partial charge in [-0.15, -0.1) is 0 Å². The molecule has 0 unspecified atom stereocenters. The van der Waals surface area contributed by atoms with E-state index in [-0.39, 0.29) is 11.8 Å². The number of carbonyl (C=O) groups is 1. The van der Waals surface area contributed by atoms with Gasteiger partial charge < -0.3 is 5.11 Å². The molecule has 0 radical (unpaired) electrons. The van der Waals surface area contributed by atoms with Gasteiger partial charge in [-0.1, -0.05) is 30.3 Å². The maximum Gasteiger partial charge on any atom is 0.308 e. The molecule has 1 N–H and O–H groups in total. The van der Waals surface area contributed by atoms with Crippen LogP contribution in [0.15, 0.2) is 30.3 Å². The Hall–Kier alpha value is -1.72. The second kappa shape index (κ2) is 6.18. The van der Waals surface area contributed by atoms with Crippen LogP contribution in [0.1, 0.15) is 27.6 Å². The number of nitrogens with zero attached hydrogens (tertiary/aromatic N) is 2. The average molecular weight is 316 g/mol. The topological polar surface area (TPSA) is 53.4 Å². The molecule has 0 amide bonds. The smallest absolute Gasteiger partial charge is 0.308 e. The van der Waals surface area contributed by atoms with E-state index in [2.05, 4.69) is 16.2 Å². The molecule has 0 saturated carbocycles. The van der Waals surface area contributed by atoms with Gasteiger partial charge in [0, 0.05) is 36.0 Å². The molecule has 1 aliphatic heterocycles. The zero-order valence-corrected chi connectivity index (χ0v) is 13.6. The first-order valence-corrected chi connectivity index (χ1v) is 8.25. The van der Waals surface area contributed by atoms with Crippen LogP contribution in [0.3, 0.4) is 0 Å². The molecular weight excluding hydrogens is 296 g/mol. The summed E-state index contributed by atoms with van der Waals surface area (Å²) in [4.78, 5) is 15.1. The van der Waals surface area contributed by atoms with E-state index in [9.17, 15) is 9.90 Å². The van der Waals surface area contributed by atoms with Gasteiger partial charge in [0.05, 0.1) is 11.6 Å². The highest BCUT2D eigenvalue weighted by Crippen LogP contribution is 2.34. The second-order valence-electron chi connectivity index (χ2n) is 5.96. The van der Waals surface area contributed by atoms with Crippen molar-refractivity contribution in [1.82, 2.24) is 9.27 Å². The number of hydrogen-bond donors (Lipinski definition) is 1. The second-order valence-corrected chi connectivity index (χ2v) is 6.94. The van der Waals surface area contributed by atoms with Gasteiger partial charge in [-0.25, -0.2) is 0 Å². The number of aliphatic carboxylic acids is 1. The summed E-state index contributed by atoms with van der Waals surface area (Å²) in [5.41, 5.74) is 3.44. The fourth-order valence-corrected chi connectivity index (χ4v) is 3.96. The molecular formula is C17H20N2O2S. The summed E-state index contributed by atoms with van der Waals surface area (Å²) in [6, 6.07) is 10.00. The van der Waals surface area contributed by atoms with Crippen molar-refractivity contribution in [3.05, 3.63) is 52.0 Å². The van der Waals surface area contributed by atoms with Gasteiger partial charge in [0.1, 0.15) is 0 Å². The molecule has 1 aromatic heterocycles. The number of aryl methyl sites for hydroxylation is 2. The van der Waals surface area contributed by atoms with Crippen molar-refractivity contribution in [2.24, 2.45) is 5.92 Å². The minimum absolute atomic E-state index is 0.0610. The highest BCUT2D eigenvalue weighted by molar-refractivity contribution is 7.05. The summed E-state index contributed by atoms with van der Waals surface area (Å²) in [6.45, 7) is 6.29. The van der Waals surface area contributed by atoms with E-state index in [0.29, 0.717) is 6.54 Å². The molecule has 0 bridgehead atoms. The largest absolute Gasteiger partial charge is 0.481 e. The minimum Gasteiger partial charge on any atom is -0.481 e. The van der Waals surface area contributed by atoms with Crippen LogP contribution in [0.5, 0.6) is 0 Å². The van der Waals surface area contributed by atoms with Gasteiger partial charge in [0.15, 0.2) is 0 Å². The van der Waals surface area contributed by atoms with Crippen molar-refractivity contribution >= 4 is 17.5 Å². The minimum atomic E-state index is -0.701. The number of carboxylic acids is 1. The Labute approximate surface area is 134 Å². The Kier molecular flexibility index (Phi) is 4.27. The molecule has 4 nitrogen and oxygen atoms in total. The van der Waals surface area contributed by atoms with Gasteiger partial charge in [-0.3, -0.25) is 9.69 Å².